The van der Waals surface area contributed by atoms with E-state index in [1.54, 1.807) is 25.2 Å². The fourth-order valence-corrected chi connectivity index (χ4v) is 3.66. The van der Waals surface area contributed by atoms with Crippen molar-refractivity contribution in [2.45, 2.75) is 58.0 Å². The van der Waals surface area contributed by atoms with Gasteiger partial charge in [-0.15, -0.1) is 0 Å². The van der Waals surface area contributed by atoms with Crippen molar-refractivity contribution in [3.8, 4) is 0 Å². The maximum absolute atomic E-state index is 12.8. The highest BCUT2D eigenvalue weighted by atomic mass is 32.2. The highest BCUT2D eigenvalue weighted by Gasteiger charge is 2.32. The zero-order valence-corrected chi connectivity index (χ0v) is 14.7. The lowest BCUT2D eigenvalue weighted by Gasteiger charge is -2.34. The molecule has 0 spiro atoms. The van der Waals surface area contributed by atoms with Crippen molar-refractivity contribution in [3.63, 3.8) is 0 Å². The van der Waals surface area contributed by atoms with Gasteiger partial charge in [0.05, 0.1) is 4.90 Å². The Morgan fingerprint density at radius 2 is 1.86 bits per heavy atom. The molecule has 0 amide bonds. The molecular weight excluding hydrogens is 284 g/mol. The molecule has 0 aliphatic carbocycles. The largest absolute Gasteiger partial charge is 0.324 e. The van der Waals surface area contributed by atoms with Crippen LogP contribution in [0.25, 0.3) is 0 Å². The van der Waals surface area contributed by atoms with Crippen LogP contribution in [0.5, 0.6) is 0 Å². The number of hydrogen-bond acceptors (Lipinski definition) is 3. The first-order valence-corrected chi connectivity index (χ1v) is 8.79. The molecule has 0 radical (unpaired) electrons. The summed E-state index contributed by atoms with van der Waals surface area (Å²) < 4.78 is 27.0. The molecule has 1 aromatic rings. The quantitative estimate of drug-likeness (QED) is 0.908. The van der Waals surface area contributed by atoms with Crippen molar-refractivity contribution >= 4 is 10.0 Å². The van der Waals surface area contributed by atoms with E-state index in [2.05, 4.69) is 0 Å². The molecule has 0 saturated heterocycles. The molecule has 0 bridgehead atoms. The van der Waals surface area contributed by atoms with E-state index in [4.69, 9.17) is 5.73 Å². The van der Waals surface area contributed by atoms with Gasteiger partial charge in [0, 0.05) is 19.1 Å². The van der Waals surface area contributed by atoms with Crippen LogP contribution in [0.2, 0.25) is 0 Å². The van der Waals surface area contributed by atoms with Crippen LogP contribution < -0.4 is 5.73 Å². The number of nitrogens with two attached hydrogens (primary N) is 1. The lowest BCUT2D eigenvalue weighted by molar-refractivity contribution is 0.216. The number of hydrogen-bond donors (Lipinski definition) is 1. The van der Waals surface area contributed by atoms with Crippen LogP contribution in [0.1, 0.15) is 52.6 Å². The van der Waals surface area contributed by atoms with Gasteiger partial charge in [-0.05, 0) is 36.5 Å². The number of sulfonamides is 1. The van der Waals surface area contributed by atoms with Crippen molar-refractivity contribution in [2.24, 2.45) is 11.1 Å². The average molecular weight is 312 g/mol. The minimum absolute atomic E-state index is 0.106. The predicted octanol–water partition coefficient (Wildman–Crippen LogP) is 3.15. The molecule has 1 aromatic carbocycles. The second-order valence-electron chi connectivity index (χ2n) is 6.65. The normalized spacial score (nSPS) is 16.0. The Morgan fingerprint density at radius 3 is 2.33 bits per heavy atom. The molecule has 0 heterocycles. The molecule has 2 N–H and O–H groups in total. The van der Waals surface area contributed by atoms with Gasteiger partial charge in [0.1, 0.15) is 0 Å². The van der Waals surface area contributed by atoms with Crippen LogP contribution in [0.4, 0.5) is 0 Å². The number of benzene rings is 1. The van der Waals surface area contributed by atoms with E-state index in [1.165, 1.54) is 4.31 Å². The Morgan fingerprint density at radius 1 is 1.29 bits per heavy atom. The first kappa shape index (κ1) is 18.1. The zero-order chi connectivity index (χ0) is 16.4. The summed E-state index contributed by atoms with van der Waals surface area (Å²) in [5, 5.41) is 0. The van der Waals surface area contributed by atoms with Crippen LogP contribution >= 0.6 is 0 Å². The molecule has 0 saturated carbocycles. The van der Waals surface area contributed by atoms with Gasteiger partial charge < -0.3 is 5.73 Å². The monoisotopic (exact) mass is 312 g/mol. The van der Waals surface area contributed by atoms with E-state index in [0.717, 1.165) is 12.0 Å². The van der Waals surface area contributed by atoms with Crippen molar-refractivity contribution in [2.75, 3.05) is 7.05 Å². The van der Waals surface area contributed by atoms with Gasteiger partial charge in [-0.25, -0.2) is 8.42 Å². The van der Waals surface area contributed by atoms with Crippen LogP contribution in [-0.2, 0) is 10.0 Å². The lowest BCUT2D eigenvalue weighted by atomic mass is 9.88. The number of nitrogens with zero attached hydrogens (tertiary/aromatic N) is 1. The Kier molecular flexibility index (Phi) is 5.58. The molecule has 4 nitrogen and oxygen atoms in total. The lowest BCUT2D eigenvalue weighted by Crippen LogP contribution is -2.42. The highest BCUT2D eigenvalue weighted by Crippen LogP contribution is 2.28. The van der Waals surface area contributed by atoms with Gasteiger partial charge in [-0.2, -0.15) is 4.31 Å². The smallest absolute Gasteiger partial charge is 0.243 e. The first-order chi connectivity index (χ1) is 9.51. The van der Waals surface area contributed by atoms with E-state index in [-0.39, 0.29) is 17.5 Å². The fourth-order valence-electron chi connectivity index (χ4n) is 2.06. The standard InChI is InChI=1S/C16H28N2O2S/c1-7-15(17)13-9-8-10-14(11-13)21(19,20)18(6)12(2)16(3,4)5/h8-12,15H,7,17H2,1-6H3. The molecular formula is C16H28N2O2S. The molecule has 120 valence electrons. The van der Waals surface area contributed by atoms with Crippen molar-refractivity contribution in [1.82, 2.24) is 4.31 Å². The predicted molar refractivity (Wildman–Crippen MR) is 87.5 cm³/mol. The summed E-state index contributed by atoms with van der Waals surface area (Å²) in [6, 6.07) is 6.72. The Labute approximate surface area is 129 Å². The summed E-state index contributed by atoms with van der Waals surface area (Å²) in [4.78, 5) is 0.308. The van der Waals surface area contributed by atoms with Gasteiger partial charge in [0.25, 0.3) is 0 Å². The third kappa shape index (κ3) is 4.05. The molecule has 1 rings (SSSR count). The Balaban J connectivity index is 3.19. The highest BCUT2D eigenvalue weighted by molar-refractivity contribution is 7.89. The summed E-state index contributed by atoms with van der Waals surface area (Å²) in [5.74, 6) is 0. The van der Waals surface area contributed by atoms with E-state index < -0.39 is 10.0 Å². The summed E-state index contributed by atoms with van der Waals surface area (Å²) in [6.45, 7) is 10.0. The number of rotatable bonds is 5. The molecule has 0 aliphatic rings. The topological polar surface area (TPSA) is 63.4 Å². The minimum atomic E-state index is -3.51. The van der Waals surface area contributed by atoms with Gasteiger partial charge in [-0.3, -0.25) is 0 Å². The van der Waals surface area contributed by atoms with Crippen molar-refractivity contribution in [3.05, 3.63) is 29.8 Å². The van der Waals surface area contributed by atoms with Gasteiger partial charge >= 0.3 is 0 Å². The molecule has 21 heavy (non-hydrogen) atoms. The molecule has 0 aliphatic heterocycles. The molecule has 2 unspecified atom stereocenters. The van der Waals surface area contributed by atoms with E-state index in [9.17, 15) is 8.42 Å². The van der Waals surface area contributed by atoms with E-state index in [1.807, 2.05) is 40.7 Å². The third-order valence-electron chi connectivity index (χ3n) is 4.20. The van der Waals surface area contributed by atoms with Crippen LogP contribution in [0.15, 0.2) is 29.2 Å². The summed E-state index contributed by atoms with van der Waals surface area (Å²) in [6.07, 6.45) is 0.776. The maximum atomic E-state index is 12.8. The van der Waals surface area contributed by atoms with E-state index in [0.29, 0.717) is 4.90 Å². The molecule has 0 fully saturated rings. The Bertz CT molecular complexity index is 576. The van der Waals surface area contributed by atoms with Crippen molar-refractivity contribution in [1.29, 1.82) is 0 Å². The van der Waals surface area contributed by atoms with Gasteiger partial charge in [0.2, 0.25) is 10.0 Å². The second kappa shape index (κ2) is 6.46. The summed E-state index contributed by atoms with van der Waals surface area (Å²) >= 11 is 0. The van der Waals surface area contributed by atoms with E-state index >= 15 is 0 Å². The van der Waals surface area contributed by atoms with Crippen molar-refractivity contribution < 1.29 is 8.42 Å². The molecule has 2 atom stereocenters. The van der Waals surface area contributed by atoms with Crippen LogP contribution in [0, 0.1) is 5.41 Å². The first-order valence-electron chi connectivity index (χ1n) is 7.35. The van der Waals surface area contributed by atoms with Gasteiger partial charge in [0.15, 0.2) is 0 Å². The summed E-state index contributed by atoms with van der Waals surface area (Å²) in [7, 11) is -1.87. The minimum Gasteiger partial charge on any atom is -0.324 e. The van der Waals surface area contributed by atoms with Gasteiger partial charge in [-0.1, -0.05) is 39.8 Å². The molecule has 5 heteroatoms. The zero-order valence-electron chi connectivity index (χ0n) is 13.9. The maximum Gasteiger partial charge on any atom is 0.243 e. The van der Waals surface area contributed by atoms with Crippen LogP contribution in [0.3, 0.4) is 0 Å². The SMILES string of the molecule is CCC(N)c1cccc(S(=O)(=O)N(C)C(C)C(C)(C)C)c1. The summed E-state index contributed by atoms with van der Waals surface area (Å²) in [5.41, 5.74) is 6.73. The Hall–Kier alpha value is -0.910. The molecule has 0 aromatic heterocycles. The third-order valence-corrected chi connectivity index (χ3v) is 6.13. The average Bonchev–Trinajstić information content (AvgIpc) is 2.43. The van der Waals surface area contributed by atoms with Crippen LogP contribution in [-0.4, -0.2) is 25.8 Å². The second-order valence-corrected chi connectivity index (χ2v) is 8.65. The fraction of sp³-hybridized carbons (Fsp3) is 0.625.